The summed E-state index contributed by atoms with van der Waals surface area (Å²) in [6.07, 6.45) is -0.102. The van der Waals surface area contributed by atoms with Crippen LogP contribution in [0.1, 0.15) is 19.4 Å². The molecule has 1 aliphatic heterocycles. The van der Waals surface area contributed by atoms with Crippen LogP contribution in [0.15, 0.2) is 76.5 Å². The maximum atomic E-state index is 11.9. The summed E-state index contributed by atoms with van der Waals surface area (Å²) >= 11 is 0. The molecule has 2 N–H and O–H groups in total. The minimum Gasteiger partial charge on any atom is -0.464 e. The van der Waals surface area contributed by atoms with Gasteiger partial charge in [-0.2, -0.15) is 0 Å². The Labute approximate surface area is 149 Å². The molecule has 0 saturated carbocycles. The van der Waals surface area contributed by atoms with E-state index in [1.165, 1.54) is 5.56 Å². The number of carbonyl (C=O) groups is 1. The average molecular weight is 351 g/mol. The van der Waals surface area contributed by atoms with Gasteiger partial charge >= 0.3 is 6.09 Å². The summed E-state index contributed by atoms with van der Waals surface area (Å²) in [6, 6.07) is 22.7. The molecule has 3 aromatic rings. The first-order valence-corrected chi connectivity index (χ1v) is 9.98. The molecule has 0 radical (unpaired) electrons. The van der Waals surface area contributed by atoms with Crippen molar-refractivity contribution in [3.63, 3.8) is 0 Å². The summed E-state index contributed by atoms with van der Waals surface area (Å²) in [5, 5.41) is 12.0. The van der Waals surface area contributed by atoms with Gasteiger partial charge in [-0.3, -0.25) is 4.72 Å². The van der Waals surface area contributed by atoms with Crippen molar-refractivity contribution in [2.24, 2.45) is 0 Å². The SMILES string of the molecule is CC1(C)Cc2ccccc2S1(NC(=O)O)c1cccc2ccccc12. The van der Waals surface area contributed by atoms with Gasteiger partial charge in [-0.1, -0.05) is 54.6 Å². The van der Waals surface area contributed by atoms with E-state index in [0.29, 0.717) is 0 Å². The van der Waals surface area contributed by atoms with Crippen molar-refractivity contribution in [3.05, 3.63) is 72.3 Å². The lowest BCUT2D eigenvalue weighted by Crippen LogP contribution is -2.38. The van der Waals surface area contributed by atoms with E-state index in [1.54, 1.807) is 0 Å². The lowest BCUT2D eigenvalue weighted by Gasteiger charge is -2.48. The Bertz CT molecular complexity index is 977. The molecule has 4 heteroatoms. The van der Waals surface area contributed by atoms with Gasteiger partial charge in [0.1, 0.15) is 0 Å². The van der Waals surface area contributed by atoms with Crippen molar-refractivity contribution < 1.29 is 9.90 Å². The van der Waals surface area contributed by atoms with Gasteiger partial charge in [0.25, 0.3) is 0 Å². The maximum Gasteiger partial charge on any atom is 0.414 e. The molecular formula is C21H21NO2S. The van der Waals surface area contributed by atoms with E-state index in [-0.39, 0.29) is 4.75 Å². The zero-order chi connectivity index (χ0) is 17.7. The number of hydrogen-bond acceptors (Lipinski definition) is 1. The largest absolute Gasteiger partial charge is 0.464 e. The maximum absolute atomic E-state index is 11.9. The highest BCUT2D eigenvalue weighted by atomic mass is 32.3. The van der Waals surface area contributed by atoms with Gasteiger partial charge in [0, 0.05) is 14.5 Å². The second-order valence-electron chi connectivity index (χ2n) is 7.04. The van der Waals surface area contributed by atoms with E-state index in [9.17, 15) is 9.90 Å². The van der Waals surface area contributed by atoms with Gasteiger partial charge < -0.3 is 5.11 Å². The van der Waals surface area contributed by atoms with E-state index in [4.69, 9.17) is 0 Å². The van der Waals surface area contributed by atoms with Gasteiger partial charge in [0.05, 0.1) is 0 Å². The van der Waals surface area contributed by atoms with Crippen LogP contribution in [-0.2, 0) is 6.42 Å². The molecule has 25 heavy (non-hydrogen) atoms. The Morgan fingerprint density at radius 2 is 1.60 bits per heavy atom. The first-order valence-electron chi connectivity index (χ1n) is 8.35. The van der Waals surface area contributed by atoms with Crippen LogP contribution in [0.3, 0.4) is 0 Å². The van der Waals surface area contributed by atoms with E-state index >= 15 is 0 Å². The van der Waals surface area contributed by atoms with Crippen LogP contribution in [-0.4, -0.2) is 15.9 Å². The second-order valence-corrected chi connectivity index (χ2v) is 10.5. The smallest absolute Gasteiger partial charge is 0.414 e. The molecule has 0 aliphatic carbocycles. The molecule has 1 heterocycles. The molecule has 0 saturated heterocycles. The van der Waals surface area contributed by atoms with Gasteiger partial charge in [-0.05, 0) is 48.7 Å². The number of rotatable bonds is 2. The molecule has 1 amide bonds. The first kappa shape index (κ1) is 16.0. The van der Waals surface area contributed by atoms with Crippen molar-refractivity contribution in [3.8, 4) is 0 Å². The fraction of sp³-hybridized carbons (Fsp3) is 0.190. The summed E-state index contributed by atoms with van der Waals surface area (Å²) in [4.78, 5) is 14.1. The lowest BCUT2D eigenvalue weighted by molar-refractivity contribution is 0.201. The third-order valence-corrected chi connectivity index (χ3v) is 9.42. The van der Waals surface area contributed by atoms with Gasteiger partial charge in [-0.15, -0.1) is 10.2 Å². The van der Waals surface area contributed by atoms with Crippen molar-refractivity contribution in [1.82, 2.24) is 4.72 Å². The van der Waals surface area contributed by atoms with Crippen LogP contribution in [0.5, 0.6) is 0 Å². The topological polar surface area (TPSA) is 49.3 Å². The predicted octanol–water partition coefficient (Wildman–Crippen LogP) is 5.58. The van der Waals surface area contributed by atoms with Crippen molar-refractivity contribution >= 4 is 27.1 Å². The third kappa shape index (κ3) is 2.24. The molecule has 0 bridgehead atoms. The quantitative estimate of drug-likeness (QED) is 0.633. The zero-order valence-electron chi connectivity index (χ0n) is 14.3. The van der Waals surface area contributed by atoms with Crippen LogP contribution in [0.25, 0.3) is 10.8 Å². The Morgan fingerprint density at radius 1 is 0.960 bits per heavy atom. The molecule has 1 unspecified atom stereocenters. The molecule has 1 atom stereocenters. The Kier molecular flexibility index (Phi) is 3.55. The fourth-order valence-electron chi connectivity index (χ4n) is 4.07. The molecular weight excluding hydrogens is 330 g/mol. The Morgan fingerprint density at radius 3 is 2.40 bits per heavy atom. The van der Waals surface area contributed by atoms with E-state index < -0.39 is 16.3 Å². The highest BCUT2D eigenvalue weighted by molar-refractivity contribution is 8.34. The van der Waals surface area contributed by atoms with E-state index in [2.05, 4.69) is 55.0 Å². The average Bonchev–Trinajstić information content (AvgIpc) is 2.81. The van der Waals surface area contributed by atoms with Gasteiger partial charge in [0.15, 0.2) is 0 Å². The van der Waals surface area contributed by atoms with Crippen LogP contribution < -0.4 is 4.72 Å². The monoisotopic (exact) mass is 351 g/mol. The number of nitrogens with one attached hydrogen (secondary N) is 1. The molecule has 0 fully saturated rings. The predicted molar refractivity (Wildman–Crippen MR) is 103 cm³/mol. The minimum absolute atomic E-state index is 0.209. The standard InChI is InChI=1S/C21H21NO2S/c1-21(2)14-16-9-4-6-12-18(16)25(21,22-20(23)24)19-13-7-10-15-8-3-5-11-17(15)19/h3-13,22H,14H2,1-2H3,(H,23,24). The van der Waals surface area contributed by atoms with Crippen molar-refractivity contribution in [2.75, 3.05) is 0 Å². The minimum atomic E-state index is -1.95. The Balaban J connectivity index is 2.12. The van der Waals surface area contributed by atoms with Crippen LogP contribution >= 0.6 is 10.2 Å². The summed E-state index contributed by atoms with van der Waals surface area (Å²) in [7, 11) is -1.95. The number of fused-ring (bicyclic) bond motifs is 2. The molecule has 4 rings (SSSR count). The number of benzene rings is 3. The van der Waals surface area contributed by atoms with Crippen LogP contribution in [0.4, 0.5) is 4.79 Å². The number of amides is 1. The molecule has 0 spiro atoms. The molecule has 3 aromatic carbocycles. The number of carboxylic acid groups (broad SMARTS) is 1. The number of hydrogen-bond donors (Lipinski definition) is 2. The summed E-state index contributed by atoms with van der Waals surface area (Å²) in [5.74, 6) is 0. The summed E-state index contributed by atoms with van der Waals surface area (Å²) in [6.45, 7) is 4.36. The normalized spacial score (nSPS) is 23.6. The van der Waals surface area contributed by atoms with Crippen molar-refractivity contribution in [2.45, 2.75) is 34.8 Å². The fourth-order valence-corrected chi connectivity index (χ4v) is 8.24. The molecule has 0 aromatic heterocycles. The van der Waals surface area contributed by atoms with Gasteiger partial charge in [0.2, 0.25) is 0 Å². The first-order chi connectivity index (χ1) is 12.0. The highest BCUT2D eigenvalue weighted by Gasteiger charge is 2.51. The second kappa shape index (κ2) is 5.53. The molecule has 1 aliphatic rings. The molecule has 128 valence electrons. The summed E-state index contributed by atoms with van der Waals surface area (Å²) < 4.78 is 2.80. The zero-order valence-corrected chi connectivity index (χ0v) is 15.1. The summed E-state index contributed by atoms with van der Waals surface area (Å²) in [5.41, 5.74) is 1.24. The van der Waals surface area contributed by atoms with Crippen LogP contribution in [0, 0.1) is 0 Å². The van der Waals surface area contributed by atoms with E-state index in [0.717, 1.165) is 27.0 Å². The highest BCUT2D eigenvalue weighted by Crippen LogP contribution is 2.74. The van der Waals surface area contributed by atoms with E-state index in [1.807, 2.05) is 30.3 Å². The Hall–Kier alpha value is -2.46. The lowest BCUT2D eigenvalue weighted by atomic mass is 10.0. The van der Waals surface area contributed by atoms with Crippen molar-refractivity contribution in [1.29, 1.82) is 0 Å². The van der Waals surface area contributed by atoms with Gasteiger partial charge in [-0.25, -0.2) is 4.79 Å². The molecule has 3 nitrogen and oxygen atoms in total. The third-order valence-electron chi connectivity index (χ3n) is 5.07. The van der Waals surface area contributed by atoms with Crippen LogP contribution in [0.2, 0.25) is 0 Å².